The topological polar surface area (TPSA) is 67.9 Å². The molecule has 0 aromatic heterocycles. The molecule has 25 heavy (non-hydrogen) atoms. The van der Waals surface area contributed by atoms with Gasteiger partial charge in [0.2, 0.25) is 0 Å². The van der Waals surface area contributed by atoms with Gasteiger partial charge in [0.15, 0.2) is 6.61 Å². The van der Waals surface area contributed by atoms with E-state index in [0.717, 1.165) is 16.9 Å². The van der Waals surface area contributed by atoms with E-state index in [1.54, 1.807) is 37.3 Å². The summed E-state index contributed by atoms with van der Waals surface area (Å²) < 4.78 is 10.7. The molecular weight excluding hydrogens is 320 g/mol. The van der Waals surface area contributed by atoms with E-state index in [2.05, 4.69) is 5.32 Å². The lowest BCUT2D eigenvalue weighted by molar-refractivity contribution is -0.118. The SMILES string of the molecule is COc1ccc(C)cc1CN(C)C(=O)c1ccc2c(c1)OCC(=O)N2. The molecule has 130 valence electrons. The van der Waals surface area contributed by atoms with Crippen molar-refractivity contribution in [2.45, 2.75) is 13.5 Å². The van der Waals surface area contributed by atoms with Gasteiger partial charge in [-0.3, -0.25) is 9.59 Å². The van der Waals surface area contributed by atoms with E-state index in [-0.39, 0.29) is 18.4 Å². The third-order valence-electron chi connectivity index (χ3n) is 4.05. The van der Waals surface area contributed by atoms with E-state index in [1.807, 2.05) is 25.1 Å². The molecular formula is C19H20N2O4. The molecule has 6 nitrogen and oxygen atoms in total. The van der Waals surface area contributed by atoms with E-state index in [0.29, 0.717) is 23.5 Å². The van der Waals surface area contributed by atoms with Gasteiger partial charge in [0, 0.05) is 24.7 Å². The summed E-state index contributed by atoms with van der Waals surface area (Å²) in [6, 6.07) is 10.9. The molecule has 0 radical (unpaired) electrons. The van der Waals surface area contributed by atoms with Crippen molar-refractivity contribution in [3.8, 4) is 11.5 Å². The summed E-state index contributed by atoms with van der Waals surface area (Å²) in [5.41, 5.74) is 3.13. The molecule has 0 saturated carbocycles. The van der Waals surface area contributed by atoms with Crippen molar-refractivity contribution in [2.75, 3.05) is 26.1 Å². The second-order valence-electron chi connectivity index (χ2n) is 6.02. The highest BCUT2D eigenvalue weighted by Gasteiger charge is 2.20. The Kier molecular flexibility index (Phi) is 4.61. The Labute approximate surface area is 146 Å². The van der Waals surface area contributed by atoms with Crippen molar-refractivity contribution in [1.29, 1.82) is 0 Å². The van der Waals surface area contributed by atoms with Gasteiger partial charge < -0.3 is 19.7 Å². The molecule has 3 rings (SSSR count). The van der Waals surface area contributed by atoms with Crippen molar-refractivity contribution in [1.82, 2.24) is 4.90 Å². The first kappa shape index (κ1) is 16.8. The zero-order valence-electron chi connectivity index (χ0n) is 14.5. The molecule has 0 atom stereocenters. The first-order valence-corrected chi connectivity index (χ1v) is 7.93. The maximum Gasteiger partial charge on any atom is 0.262 e. The van der Waals surface area contributed by atoms with Gasteiger partial charge in [0.1, 0.15) is 11.5 Å². The van der Waals surface area contributed by atoms with Crippen LogP contribution in [-0.4, -0.2) is 37.5 Å². The lowest BCUT2D eigenvalue weighted by atomic mass is 10.1. The van der Waals surface area contributed by atoms with Crippen LogP contribution in [0.5, 0.6) is 11.5 Å². The van der Waals surface area contributed by atoms with Crippen molar-refractivity contribution < 1.29 is 19.1 Å². The molecule has 0 bridgehead atoms. The van der Waals surface area contributed by atoms with Gasteiger partial charge in [-0.2, -0.15) is 0 Å². The molecule has 0 aliphatic carbocycles. The van der Waals surface area contributed by atoms with Crippen LogP contribution in [0.25, 0.3) is 0 Å². The minimum atomic E-state index is -0.199. The first-order valence-electron chi connectivity index (χ1n) is 7.93. The number of rotatable bonds is 4. The number of carbonyl (C=O) groups excluding carboxylic acids is 2. The highest BCUT2D eigenvalue weighted by molar-refractivity contribution is 5.98. The molecule has 6 heteroatoms. The molecule has 1 N–H and O–H groups in total. The fraction of sp³-hybridized carbons (Fsp3) is 0.263. The molecule has 2 aromatic rings. The number of methoxy groups -OCH3 is 1. The van der Waals surface area contributed by atoms with Crippen molar-refractivity contribution in [3.63, 3.8) is 0 Å². The van der Waals surface area contributed by atoms with Crippen LogP contribution in [0.15, 0.2) is 36.4 Å². The predicted octanol–water partition coefficient (Wildman–Crippen LogP) is 2.61. The normalized spacial score (nSPS) is 12.7. The third kappa shape index (κ3) is 3.57. The zero-order chi connectivity index (χ0) is 18.0. The molecule has 2 amide bonds. The second-order valence-corrected chi connectivity index (χ2v) is 6.02. The number of fused-ring (bicyclic) bond motifs is 1. The lowest BCUT2D eigenvalue weighted by Crippen LogP contribution is -2.28. The lowest BCUT2D eigenvalue weighted by Gasteiger charge is -2.21. The molecule has 0 unspecified atom stereocenters. The quantitative estimate of drug-likeness (QED) is 0.929. The summed E-state index contributed by atoms with van der Waals surface area (Å²) in [6.07, 6.45) is 0. The number of anilines is 1. The summed E-state index contributed by atoms with van der Waals surface area (Å²) in [5, 5.41) is 2.71. The number of aryl methyl sites for hydroxylation is 1. The van der Waals surface area contributed by atoms with Crippen molar-refractivity contribution in [3.05, 3.63) is 53.1 Å². The number of ether oxygens (including phenoxy) is 2. The summed E-state index contributed by atoms with van der Waals surface area (Å²) >= 11 is 0. The molecule has 0 saturated heterocycles. The van der Waals surface area contributed by atoms with E-state index >= 15 is 0 Å². The number of carbonyl (C=O) groups is 2. The maximum atomic E-state index is 12.7. The van der Waals surface area contributed by atoms with Crippen LogP contribution >= 0.6 is 0 Å². The Hall–Kier alpha value is -3.02. The number of nitrogens with zero attached hydrogens (tertiary/aromatic N) is 1. The van der Waals surface area contributed by atoms with E-state index < -0.39 is 0 Å². The second kappa shape index (κ2) is 6.84. The first-order chi connectivity index (χ1) is 12.0. The third-order valence-corrected chi connectivity index (χ3v) is 4.05. The summed E-state index contributed by atoms with van der Waals surface area (Å²) in [6.45, 7) is 2.39. The average Bonchev–Trinajstić information content (AvgIpc) is 2.60. The number of hydrogen-bond donors (Lipinski definition) is 1. The van der Waals surface area contributed by atoms with Crippen molar-refractivity contribution in [2.24, 2.45) is 0 Å². The predicted molar refractivity (Wildman–Crippen MR) is 94.1 cm³/mol. The monoisotopic (exact) mass is 340 g/mol. The van der Waals surface area contributed by atoms with Crippen LogP contribution in [0, 0.1) is 6.92 Å². The molecule has 2 aromatic carbocycles. The van der Waals surface area contributed by atoms with Crippen molar-refractivity contribution >= 4 is 17.5 Å². The molecule has 0 spiro atoms. The van der Waals surface area contributed by atoms with Gasteiger partial charge in [-0.15, -0.1) is 0 Å². The minimum absolute atomic E-state index is 0.0407. The van der Waals surface area contributed by atoms with Crippen LogP contribution in [-0.2, 0) is 11.3 Å². The number of hydrogen-bond acceptors (Lipinski definition) is 4. The van der Waals surface area contributed by atoms with Crippen LogP contribution in [0.3, 0.4) is 0 Å². The van der Waals surface area contributed by atoms with E-state index in [1.165, 1.54) is 0 Å². The molecule has 0 fully saturated rings. The number of nitrogens with one attached hydrogen (secondary N) is 1. The number of benzene rings is 2. The van der Waals surface area contributed by atoms with Crippen LogP contribution in [0.4, 0.5) is 5.69 Å². The summed E-state index contributed by atoms with van der Waals surface area (Å²) in [7, 11) is 3.36. The molecule has 1 aliphatic heterocycles. The Morgan fingerprint density at radius 1 is 1.28 bits per heavy atom. The highest BCUT2D eigenvalue weighted by atomic mass is 16.5. The van der Waals surface area contributed by atoms with Crippen LogP contribution < -0.4 is 14.8 Å². The fourth-order valence-corrected chi connectivity index (χ4v) is 2.79. The number of amides is 2. The average molecular weight is 340 g/mol. The molecule has 1 heterocycles. The van der Waals surface area contributed by atoms with E-state index in [9.17, 15) is 9.59 Å². The maximum absolute atomic E-state index is 12.7. The van der Waals surface area contributed by atoms with Gasteiger partial charge in [-0.1, -0.05) is 17.7 Å². The minimum Gasteiger partial charge on any atom is -0.496 e. The Bertz CT molecular complexity index is 832. The van der Waals surface area contributed by atoms with Gasteiger partial charge in [0.25, 0.3) is 11.8 Å². The largest absolute Gasteiger partial charge is 0.496 e. The standard InChI is InChI=1S/C19H20N2O4/c1-12-4-7-16(24-3)14(8-12)10-21(2)19(23)13-5-6-15-17(9-13)25-11-18(22)20-15/h4-9H,10-11H2,1-3H3,(H,20,22). The Balaban J connectivity index is 1.79. The van der Waals surface area contributed by atoms with Gasteiger partial charge in [-0.05, 0) is 31.2 Å². The fourth-order valence-electron chi connectivity index (χ4n) is 2.79. The van der Waals surface area contributed by atoms with Gasteiger partial charge in [-0.25, -0.2) is 0 Å². The molecule has 1 aliphatic rings. The summed E-state index contributed by atoms with van der Waals surface area (Å²) in [4.78, 5) is 25.7. The highest BCUT2D eigenvalue weighted by Crippen LogP contribution is 2.29. The Morgan fingerprint density at radius 3 is 2.84 bits per heavy atom. The van der Waals surface area contributed by atoms with Crippen LogP contribution in [0.2, 0.25) is 0 Å². The van der Waals surface area contributed by atoms with E-state index in [4.69, 9.17) is 9.47 Å². The smallest absolute Gasteiger partial charge is 0.262 e. The summed E-state index contributed by atoms with van der Waals surface area (Å²) in [5.74, 6) is 0.927. The van der Waals surface area contributed by atoms with Gasteiger partial charge >= 0.3 is 0 Å². The van der Waals surface area contributed by atoms with Crippen LogP contribution in [0.1, 0.15) is 21.5 Å². The zero-order valence-corrected chi connectivity index (χ0v) is 14.5. The Morgan fingerprint density at radius 2 is 2.08 bits per heavy atom. The van der Waals surface area contributed by atoms with Gasteiger partial charge in [0.05, 0.1) is 12.8 Å².